The maximum absolute atomic E-state index is 12.0. The predicted molar refractivity (Wildman–Crippen MR) is 60.1 cm³/mol. The molecule has 16 heavy (non-hydrogen) atoms. The molecular weight excluding hydrogens is 206 g/mol. The summed E-state index contributed by atoms with van der Waals surface area (Å²) >= 11 is 0. The second kappa shape index (κ2) is 4.32. The molecule has 0 fully saturated rings. The van der Waals surface area contributed by atoms with E-state index in [0.29, 0.717) is 12.1 Å². The molecule has 0 atom stereocenters. The molecule has 1 aromatic heterocycles. The minimum absolute atomic E-state index is 0.0405. The van der Waals surface area contributed by atoms with Gasteiger partial charge in [-0.2, -0.15) is 5.10 Å². The predicted octanol–water partition coefficient (Wildman–Crippen LogP) is 0.627. The maximum Gasteiger partial charge on any atom is 0.255 e. The molecule has 0 saturated carbocycles. The van der Waals surface area contributed by atoms with E-state index in [-0.39, 0.29) is 12.5 Å². The number of nitrogens with zero attached hydrogens (tertiary/aromatic N) is 2. The highest BCUT2D eigenvalue weighted by Gasteiger charge is 2.14. The topological polar surface area (TPSA) is 69.2 Å². The van der Waals surface area contributed by atoms with Gasteiger partial charge < -0.3 is 10.0 Å². The van der Waals surface area contributed by atoms with E-state index >= 15 is 0 Å². The van der Waals surface area contributed by atoms with Crippen LogP contribution in [0.25, 0.3) is 10.9 Å². The fraction of sp³-hybridized carbons (Fsp3) is 0.273. The molecule has 2 rings (SSSR count). The molecule has 0 aliphatic rings. The third-order valence-corrected chi connectivity index (χ3v) is 2.49. The summed E-state index contributed by atoms with van der Waals surface area (Å²) in [6.07, 6.45) is 1.68. The largest absolute Gasteiger partial charge is 0.395 e. The molecule has 0 aliphatic carbocycles. The lowest BCUT2D eigenvalue weighted by molar-refractivity contribution is 0.0768. The Morgan fingerprint density at radius 3 is 3.12 bits per heavy atom. The van der Waals surface area contributed by atoms with Gasteiger partial charge in [0.1, 0.15) is 0 Å². The van der Waals surface area contributed by atoms with E-state index < -0.39 is 0 Å². The number of amides is 1. The van der Waals surface area contributed by atoms with E-state index in [4.69, 9.17) is 5.11 Å². The molecule has 2 aromatic rings. The van der Waals surface area contributed by atoms with Crippen LogP contribution in [0.1, 0.15) is 10.4 Å². The van der Waals surface area contributed by atoms with E-state index in [1.54, 1.807) is 19.3 Å². The normalized spacial score (nSPS) is 10.6. The Labute approximate surface area is 92.7 Å². The molecular formula is C11H13N3O2. The first-order valence-electron chi connectivity index (χ1n) is 5.02. The molecule has 0 radical (unpaired) electrons. The van der Waals surface area contributed by atoms with Crippen molar-refractivity contribution in [3.8, 4) is 0 Å². The Morgan fingerprint density at radius 2 is 2.38 bits per heavy atom. The molecule has 0 unspecified atom stereocenters. The summed E-state index contributed by atoms with van der Waals surface area (Å²) < 4.78 is 0. The number of aliphatic hydroxyl groups is 1. The lowest BCUT2D eigenvalue weighted by Gasteiger charge is -2.15. The molecule has 1 amide bonds. The number of rotatable bonds is 3. The number of benzene rings is 1. The molecule has 0 bridgehead atoms. The first-order valence-corrected chi connectivity index (χ1v) is 5.02. The summed E-state index contributed by atoms with van der Waals surface area (Å²) in [5.74, 6) is -0.121. The number of carbonyl (C=O) groups excluding carboxylic acids is 1. The molecule has 1 aromatic carbocycles. The highest BCUT2D eigenvalue weighted by Crippen LogP contribution is 2.16. The van der Waals surface area contributed by atoms with Gasteiger partial charge >= 0.3 is 0 Å². The minimum Gasteiger partial charge on any atom is -0.395 e. The summed E-state index contributed by atoms with van der Waals surface area (Å²) in [6.45, 7) is 0.282. The molecule has 84 valence electrons. The number of para-hydroxylation sites is 1. The Kier molecular flexibility index (Phi) is 2.87. The van der Waals surface area contributed by atoms with Gasteiger partial charge in [0.15, 0.2) is 0 Å². The van der Waals surface area contributed by atoms with Crippen molar-refractivity contribution in [3.63, 3.8) is 0 Å². The number of H-pyrrole nitrogens is 1. The number of likely N-dealkylation sites (N-methyl/N-ethyl adjacent to an activating group) is 1. The Bertz CT molecular complexity index is 507. The third-order valence-electron chi connectivity index (χ3n) is 2.49. The van der Waals surface area contributed by atoms with Crippen LogP contribution < -0.4 is 0 Å². The van der Waals surface area contributed by atoms with Gasteiger partial charge in [-0.15, -0.1) is 0 Å². The first-order chi connectivity index (χ1) is 7.74. The standard InChI is InChI=1S/C11H13N3O2/c1-14(5-6-15)11(16)9-4-2-3-8-7-12-13-10(8)9/h2-4,7,15H,5-6H2,1H3,(H,12,13). The average Bonchev–Trinajstić information content (AvgIpc) is 2.76. The lowest BCUT2D eigenvalue weighted by Crippen LogP contribution is -2.29. The van der Waals surface area contributed by atoms with E-state index in [2.05, 4.69) is 10.2 Å². The van der Waals surface area contributed by atoms with Gasteiger partial charge in [0.05, 0.1) is 23.9 Å². The van der Waals surface area contributed by atoms with Gasteiger partial charge in [-0.1, -0.05) is 12.1 Å². The van der Waals surface area contributed by atoms with Crippen molar-refractivity contribution in [1.82, 2.24) is 15.1 Å². The highest BCUT2D eigenvalue weighted by molar-refractivity contribution is 6.05. The van der Waals surface area contributed by atoms with Crippen LogP contribution in [0.3, 0.4) is 0 Å². The van der Waals surface area contributed by atoms with Crippen molar-refractivity contribution in [2.45, 2.75) is 0 Å². The third kappa shape index (κ3) is 1.77. The first kappa shape index (κ1) is 10.6. The van der Waals surface area contributed by atoms with Crippen molar-refractivity contribution >= 4 is 16.8 Å². The van der Waals surface area contributed by atoms with Crippen molar-refractivity contribution in [2.24, 2.45) is 0 Å². The van der Waals surface area contributed by atoms with Crippen molar-refractivity contribution in [3.05, 3.63) is 30.0 Å². The number of hydrogen-bond acceptors (Lipinski definition) is 3. The second-order valence-corrected chi connectivity index (χ2v) is 3.59. The molecule has 2 N–H and O–H groups in total. The van der Waals surface area contributed by atoms with Crippen LogP contribution in [-0.2, 0) is 0 Å². The lowest BCUT2D eigenvalue weighted by atomic mass is 10.1. The average molecular weight is 219 g/mol. The molecule has 5 nitrogen and oxygen atoms in total. The monoisotopic (exact) mass is 219 g/mol. The van der Waals surface area contributed by atoms with Crippen LogP contribution in [-0.4, -0.2) is 46.3 Å². The van der Waals surface area contributed by atoms with E-state index in [1.807, 2.05) is 12.1 Å². The van der Waals surface area contributed by atoms with Crippen LogP contribution in [0.15, 0.2) is 24.4 Å². The number of fused-ring (bicyclic) bond motifs is 1. The summed E-state index contributed by atoms with van der Waals surface area (Å²) in [6, 6.07) is 5.45. The molecule has 5 heteroatoms. The summed E-state index contributed by atoms with van der Waals surface area (Å²) in [5, 5.41) is 16.4. The van der Waals surface area contributed by atoms with E-state index in [0.717, 1.165) is 10.9 Å². The number of aromatic nitrogens is 2. The summed E-state index contributed by atoms with van der Waals surface area (Å²) in [5.41, 5.74) is 1.31. The van der Waals surface area contributed by atoms with Gasteiger partial charge in [-0.25, -0.2) is 0 Å². The number of carbonyl (C=O) groups is 1. The number of nitrogens with one attached hydrogen (secondary N) is 1. The van der Waals surface area contributed by atoms with Gasteiger partial charge in [0.2, 0.25) is 0 Å². The van der Waals surface area contributed by atoms with Gasteiger partial charge in [-0.3, -0.25) is 9.89 Å². The number of aromatic amines is 1. The Morgan fingerprint density at radius 1 is 1.56 bits per heavy atom. The van der Waals surface area contributed by atoms with Gasteiger partial charge in [-0.05, 0) is 6.07 Å². The molecule has 0 spiro atoms. The fourth-order valence-corrected chi connectivity index (χ4v) is 1.60. The molecule has 1 heterocycles. The van der Waals surface area contributed by atoms with Crippen LogP contribution in [0.4, 0.5) is 0 Å². The highest BCUT2D eigenvalue weighted by atomic mass is 16.3. The molecule has 0 saturated heterocycles. The number of hydrogen-bond donors (Lipinski definition) is 2. The zero-order chi connectivity index (χ0) is 11.5. The molecule has 0 aliphatic heterocycles. The van der Waals surface area contributed by atoms with Crippen LogP contribution in [0.2, 0.25) is 0 Å². The zero-order valence-electron chi connectivity index (χ0n) is 8.97. The zero-order valence-corrected chi connectivity index (χ0v) is 8.97. The van der Waals surface area contributed by atoms with Crippen molar-refractivity contribution in [2.75, 3.05) is 20.2 Å². The van der Waals surface area contributed by atoms with Crippen LogP contribution >= 0.6 is 0 Å². The smallest absolute Gasteiger partial charge is 0.255 e. The quantitative estimate of drug-likeness (QED) is 0.795. The van der Waals surface area contributed by atoms with Crippen molar-refractivity contribution < 1.29 is 9.90 Å². The maximum atomic E-state index is 12.0. The van der Waals surface area contributed by atoms with E-state index in [9.17, 15) is 4.79 Å². The summed E-state index contributed by atoms with van der Waals surface area (Å²) in [7, 11) is 1.66. The Balaban J connectivity index is 2.39. The van der Waals surface area contributed by atoms with Gasteiger partial charge in [0, 0.05) is 19.0 Å². The Hall–Kier alpha value is -1.88. The SMILES string of the molecule is CN(CCO)C(=O)c1cccc2cn[nH]c12. The van der Waals surface area contributed by atoms with Crippen LogP contribution in [0.5, 0.6) is 0 Å². The van der Waals surface area contributed by atoms with Crippen molar-refractivity contribution in [1.29, 1.82) is 0 Å². The fourth-order valence-electron chi connectivity index (χ4n) is 1.60. The summed E-state index contributed by atoms with van der Waals surface area (Å²) in [4.78, 5) is 13.5. The minimum atomic E-state index is -0.121. The van der Waals surface area contributed by atoms with Crippen LogP contribution in [0, 0.1) is 0 Å². The second-order valence-electron chi connectivity index (χ2n) is 3.59. The number of aliphatic hydroxyl groups excluding tert-OH is 1. The van der Waals surface area contributed by atoms with Gasteiger partial charge in [0.25, 0.3) is 5.91 Å². The van der Waals surface area contributed by atoms with E-state index in [1.165, 1.54) is 4.90 Å².